The fourth-order valence-corrected chi connectivity index (χ4v) is 0.612. The summed E-state index contributed by atoms with van der Waals surface area (Å²) in [4.78, 5) is 9.25. The van der Waals surface area contributed by atoms with Crippen molar-refractivity contribution in [2.45, 2.75) is 51.7 Å². The third kappa shape index (κ3) is 24.6. The van der Waals surface area contributed by atoms with Crippen molar-refractivity contribution in [2.24, 2.45) is 0 Å². The Balaban J connectivity index is 0. The molecule has 0 saturated carbocycles. The zero-order valence-electron chi connectivity index (χ0n) is 9.95. The van der Waals surface area contributed by atoms with Gasteiger partial charge >= 0.3 is 5.97 Å². The summed E-state index contributed by atoms with van der Waals surface area (Å²) < 4.78 is 0. The summed E-state index contributed by atoms with van der Waals surface area (Å²) in [7, 11) is 0. The number of carbonyl (C=O) groups is 1. The summed E-state index contributed by atoms with van der Waals surface area (Å²) >= 11 is 0. The molecular formula is C11H22O4. The van der Waals surface area contributed by atoms with Gasteiger partial charge in [-0.3, -0.25) is 0 Å². The monoisotopic (exact) mass is 218 g/mol. The highest BCUT2D eigenvalue weighted by Crippen LogP contribution is 2.17. The highest BCUT2D eigenvalue weighted by atomic mass is 16.4. The Kier molecular flexibility index (Phi) is 7.27. The quantitative estimate of drug-likeness (QED) is 0.626. The average molecular weight is 218 g/mol. The molecule has 3 N–H and O–H groups in total. The van der Waals surface area contributed by atoms with Crippen molar-refractivity contribution in [1.82, 2.24) is 0 Å². The first-order chi connectivity index (χ1) is 6.48. The van der Waals surface area contributed by atoms with Crippen LogP contribution in [-0.2, 0) is 4.79 Å². The summed E-state index contributed by atoms with van der Waals surface area (Å²) in [6.45, 7) is 9.96. The lowest BCUT2D eigenvalue weighted by molar-refractivity contribution is -0.131. The molecule has 0 aliphatic rings. The molecule has 0 aromatic heterocycles. The summed E-state index contributed by atoms with van der Waals surface area (Å²) in [5, 5.41) is 26.1. The predicted molar refractivity (Wildman–Crippen MR) is 59.7 cm³/mol. The van der Waals surface area contributed by atoms with Crippen LogP contribution in [0.3, 0.4) is 0 Å². The summed E-state index contributed by atoms with van der Waals surface area (Å²) in [6, 6.07) is 0. The molecule has 0 atom stereocenters. The summed E-state index contributed by atoms with van der Waals surface area (Å²) in [5.41, 5.74) is -1.31. The molecule has 0 saturated heterocycles. The van der Waals surface area contributed by atoms with Crippen molar-refractivity contribution in [2.75, 3.05) is 0 Å². The van der Waals surface area contributed by atoms with Crippen LogP contribution in [0.2, 0.25) is 0 Å². The molecule has 0 aromatic rings. The van der Waals surface area contributed by atoms with Gasteiger partial charge in [0, 0.05) is 6.08 Å². The predicted octanol–water partition coefficient (Wildman–Crippen LogP) is 1.57. The van der Waals surface area contributed by atoms with Crippen LogP contribution >= 0.6 is 0 Å². The van der Waals surface area contributed by atoms with Gasteiger partial charge < -0.3 is 15.3 Å². The molecule has 0 spiro atoms. The molecule has 0 rings (SSSR count). The van der Waals surface area contributed by atoms with E-state index in [1.807, 2.05) is 0 Å². The number of aliphatic carboxylic acids is 1. The van der Waals surface area contributed by atoms with Crippen LogP contribution < -0.4 is 0 Å². The van der Waals surface area contributed by atoms with Crippen LogP contribution in [0.5, 0.6) is 0 Å². The second-order valence-corrected chi connectivity index (χ2v) is 4.67. The zero-order chi connectivity index (χ0) is 12.7. The third-order valence-electron chi connectivity index (χ3n) is 1.52. The Bertz CT molecular complexity index is 182. The maximum Gasteiger partial charge on any atom is 0.327 e. The van der Waals surface area contributed by atoms with Gasteiger partial charge in [-0.25, -0.2) is 4.79 Å². The number of hydrogen-bond donors (Lipinski definition) is 3. The maximum absolute atomic E-state index is 9.27. The van der Waals surface area contributed by atoms with E-state index in [0.29, 0.717) is 12.8 Å². The molecule has 0 heterocycles. The molecule has 0 aliphatic carbocycles. The number of carboxylic acid groups (broad SMARTS) is 1. The van der Waals surface area contributed by atoms with E-state index in [2.05, 4.69) is 6.58 Å². The first-order valence-corrected chi connectivity index (χ1v) is 4.78. The number of rotatable bonds is 4. The third-order valence-corrected chi connectivity index (χ3v) is 1.52. The fraction of sp³-hybridized carbons (Fsp3) is 0.727. The molecule has 0 unspecified atom stereocenters. The molecule has 0 aromatic carbocycles. The van der Waals surface area contributed by atoms with E-state index >= 15 is 0 Å². The first-order valence-electron chi connectivity index (χ1n) is 4.78. The van der Waals surface area contributed by atoms with Gasteiger partial charge in [-0.1, -0.05) is 6.58 Å². The van der Waals surface area contributed by atoms with Crippen LogP contribution in [0.4, 0.5) is 0 Å². The van der Waals surface area contributed by atoms with E-state index < -0.39 is 17.2 Å². The fourth-order valence-electron chi connectivity index (χ4n) is 0.612. The van der Waals surface area contributed by atoms with Gasteiger partial charge in [-0.2, -0.15) is 0 Å². The second-order valence-electron chi connectivity index (χ2n) is 4.67. The standard InChI is InChI=1S/C8H18O2.C3H4O2/c1-7(2,9)5-6-8(3,4)10;1-2-3(4)5/h9-10H,5-6H2,1-4H3;2H,1H2,(H,4,5). The molecule has 4 heteroatoms. The Labute approximate surface area is 91.2 Å². The van der Waals surface area contributed by atoms with Gasteiger partial charge in [0.15, 0.2) is 0 Å². The molecule has 0 aliphatic heterocycles. The van der Waals surface area contributed by atoms with Gasteiger partial charge in [0.1, 0.15) is 0 Å². The Hall–Kier alpha value is -0.870. The van der Waals surface area contributed by atoms with Crippen molar-refractivity contribution in [3.8, 4) is 0 Å². The van der Waals surface area contributed by atoms with Gasteiger partial charge in [0.25, 0.3) is 0 Å². The van der Waals surface area contributed by atoms with E-state index in [4.69, 9.17) is 5.11 Å². The van der Waals surface area contributed by atoms with Crippen LogP contribution in [0.25, 0.3) is 0 Å². The summed E-state index contributed by atoms with van der Waals surface area (Å²) in [6.07, 6.45) is 2.10. The van der Waals surface area contributed by atoms with E-state index in [1.165, 1.54) is 0 Å². The molecule has 0 amide bonds. The smallest absolute Gasteiger partial charge is 0.327 e. The number of hydrogen-bond acceptors (Lipinski definition) is 3. The first kappa shape index (κ1) is 16.6. The van der Waals surface area contributed by atoms with Crippen molar-refractivity contribution in [3.05, 3.63) is 12.7 Å². The molecule has 0 bridgehead atoms. The molecule has 0 fully saturated rings. The van der Waals surface area contributed by atoms with Gasteiger partial charge in [0.05, 0.1) is 11.2 Å². The van der Waals surface area contributed by atoms with Gasteiger partial charge in [-0.15, -0.1) is 0 Å². The molecule has 4 nitrogen and oxygen atoms in total. The molecule has 15 heavy (non-hydrogen) atoms. The Morgan fingerprint density at radius 3 is 1.40 bits per heavy atom. The van der Waals surface area contributed by atoms with Crippen LogP contribution in [0.1, 0.15) is 40.5 Å². The minimum absolute atomic E-state index is 0.635. The van der Waals surface area contributed by atoms with Crippen molar-refractivity contribution in [1.29, 1.82) is 0 Å². The Morgan fingerprint density at radius 1 is 1.13 bits per heavy atom. The Morgan fingerprint density at radius 2 is 1.33 bits per heavy atom. The maximum atomic E-state index is 9.27. The minimum Gasteiger partial charge on any atom is -0.478 e. The van der Waals surface area contributed by atoms with E-state index in [9.17, 15) is 15.0 Å². The van der Waals surface area contributed by atoms with Crippen LogP contribution in [0, 0.1) is 0 Å². The highest BCUT2D eigenvalue weighted by Gasteiger charge is 2.19. The summed E-state index contributed by atoms with van der Waals surface area (Å²) in [5.74, 6) is -0.981. The van der Waals surface area contributed by atoms with E-state index in [0.717, 1.165) is 6.08 Å². The molecule has 0 radical (unpaired) electrons. The van der Waals surface area contributed by atoms with Crippen LogP contribution in [0.15, 0.2) is 12.7 Å². The topological polar surface area (TPSA) is 77.8 Å². The van der Waals surface area contributed by atoms with E-state index in [1.54, 1.807) is 27.7 Å². The van der Waals surface area contributed by atoms with E-state index in [-0.39, 0.29) is 0 Å². The largest absolute Gasteiger partial charge is 0.478 e. The SMILES string of the molecule is C=CC(=O)O.CC(C)(O)CCC(C)(C)O. The van der Waals surface area contributed by atoms with Gasteiger partial charge in [-0.05, 0) is 40.5 Å². The number of carboxylic acids is 1. The lowest BCUT2D eigenvalue weighted by Gasteiger charge is -2.23. The molecule has 90 valence electrons. The lowest BCUT2D eigenvalue weighted by Crippen LogP contribution is -2.26. The lowest BCUT2D eigenvalue weighted by atomic mass is 9.94. The van der Waals surface area contributed by atoms with Crippen molar-refractivity contribution < 1.29 is 20.1 Å². The zero-order valence-corrected chi connectivity index (χ0v) is 9.95. The van der Waals surface area contributed by atoms with Crippen LogP contribution in [-0.4, -0.2) is 32.5 Å². The van der Waals surface area contributed by atoms with Crippen molar-refractivity contribution in [3.63, 3.8) is 0 Å². The highest BCUT2D eigenvalue weighted by molar-refractivity contribution is 5.78. The minimum atomic E-state index is -0.981. The second kappa shape index (κ2) is 6.58. The van der Waals surface area contributed by atoms with Crippen molar-refractivity contribution >= 4 is 5.97 Å². The molecular weight excluding hydrogens is 196 g/mol. The normalized spacial score (nSPS) is 11.3. The number of aliphatic hydroxyl groups is 2. The van der Waals surface area contributed by atoms with Gasteiger partial charge in [0.2, 0.25) is 0 Å². The average Bonchev–Trinajstić information content (AvgIpc) is 2.00.